The topological polar surface area (TPSA) is 12.5 Å². The van der Waals surface area contributed by atoms with E-state index in [1.54, 1.807) is 7.11 Å². The van der Waals surface area contributed by atoms with E-state index < -0.39 is 0 Å². The fourth-order valence-corrected chi connectivity index (χ4v) is 5.22. The van der Waals surface area contributed by atoms with Crippen molar-refractivity contribution in [3.05, 3.63) is 28.8 Å². The summed E-state index contributed by atoms with van der Waals surface area (Å²) in [6, 6.07) is 5.28. The maximum absolute atomic E-state index is 5.45. The van der Waals surface area contributed by atoms with Crippen LogP contribution in [0.3, 0.4) is 0 Å². The van der Waals surface area contributed by atoms with Crippen LogP contribution < -0.4 is 4.74 Å². The van der Waals surface area contributed by atoms with Crippen LogP contribution in [0.25, 0.3) is 0 Å². The van der Waals surface area contributed by atoms with E-state index in [9.17, 15) is 0 Å². The van der Waals surface area contributed by atoms with Crippen LogP contribution in [0.4, 0.5) is 0 Å². The molecule has 2 fully saturated rings. The third-order valence-corrected chi connectivity index (χ3v) is 5.75. The summed E-state index contributed by atoms with van der Waals surface area (Å²) < 4.78 is 5.45. The highest BCUT2D eigenvalue weighted by Crippen LogP contribution is 2.52. The maximum atomic E-state index is 5.45. The molecule has 1 saturated heterocycles. The van der Waals surface area contributed by atoms with Crippen LogP contribution in [0.1, 0.15) is 56.7 Å². The van der Waals surface area contributed by atoms with Gasteiger partial charge in [0.15, 0.2) is 0 Å². The largest absolute Gasteiger partial charge is 0.496 e. The number of benzene rings is 1. The molecule has 122 valence electrons. The minimum Gasteiger partial charge on any atom is -0.496 e. The lowest BCUT2D eigenvalue weighted by Crippen LogP contribution is -2.34. The number of likely N-dealkylation sites (tertiary alicyclic amines) is 1. The van der Waals surface area contributed by atoms with E-state index in [2.05, 4.69) is 51.7 Å². The Kier molecular flexibility index (Phi) is 3.79. The Bertz CT molecular complexity index is 577. The quantitative estimate of drug-likeness (QED) is 0.801. The van der Waals surface area contributed by atoms with E-state index in [0.717, 1.165) is 18.3 Å². The highest BCUT2D eigenvalue weighted by Gasteiger charge is 2.49. The molecule has 1 aliphatic carbocycles. The minimum atomic E-state index is 0.497. The Hall–Kier alpha value is -1.02. The Labute approximate surface area is 135 Å². The fourth-order valence-electron chi connectivity index (χ4n) is 5.22. The smallest absolute Gasteiger partial charge is 0.122 e. The number of methoxy groups -OCH3 is 1. The van der Waals surface area contributed by atoms with Crippen LogP contribution in [0.2, 0.25) is 0 Å². The molecule has 3 rings (SSSR count). The second-order valence-corrected chi connectivity index (χ2v) is 8.87. The first-order valence-corrected chi connectivity index (χ1v) is 8.60. The van der Waals surface area contributed by atoms with Gasteiger partial charge in [0.2, 0.25) is 0 Å². The average Bonchev–Trinajstić information content (AvgIpc) is 2.62. The lowest BCUT2D eigenvalue weighted by Gasteiger charge is -2.40. The van der Waals surface area contributed by atoms with Gasteiger partial charge in [0.25, 0.3) is 0 Å². The predicted molar refractivity (Wildman–Crippen MR) is 92.4 cm³/mol. The number of nitrogens with zero attached hydrogens (tertiary/aromatic N) is 1. The Balaban J connectivity index is 1.82. The molecular formula is C20H31NO. The van der Waals surface area contributed by atoms with Crippen molar-refractivity contribution in [2.24, 2.45) is 10.8 Å². The molecule has 0 aromatic heterocycles. The van der Waals surface area contributed by atoms with Crippen molar-refractivity contribution in [2.45, 2.75) is 66.5 Å². The summed E-state index contributed by atoms with van der Waals surface area (Å²) in [7, 11) is 1.76. The summed E-state index contributed by atoms with van der Waals surface area (Å²) in [4.78, 5) is 2.74. The molecule has 0 N–H and O–H groups in total. The van der Waals surface area contributed by atoms with Gasteiger partial charge in [0.1, 0.15) is 5.75 Å². The normalized spacial score (nSPS) is 30.5. The van der Waals surface area contributed by atoms with E-state index >= 15 is 0 Å². The van der Waals surface area contributed by atoms with Gasteiger partial charge in [-0.1, -0.05) is 26.8 Å². The Morgan fingerprint density at radius 2 is 1.86 bits per heavy atom. The SMILES string of the molecule is COc1cc(C)c(CN2C[C@@]3(C)C[C@@H]2CC(C)(C)C3)cc1C. The second kappa shape index (κ2) is 5.26. The molecule has 1 saturated carbocycles. The zero-order chi connectivity index (χ0) is 16.1. The van der Waals surface area contributed by atoms with Gasteiger partial charge in [-0.05, 0) is 66.7 Å². The van der Waals surface area contributed by atoms with Crippen LogP contribution in [-0.4, -0.2) is 24.6 Å². The van der Waals surface area contributed by atoms with Crippen molar-refractivity contribution < 1.29 is 4.74 Å². The van der Waals surface area contributed by atoms with Crippen molar-refractivity contribution >= 4 is 0 Å². The summed E-state index contributed by atoms with van der Waals surface area (Å²) in [5.74, 6) is 1.01. The molecule has 2 heteroatoms. The zero-order valence-electron chi connectivity index (χ0n) is 15.1. The van der Waals surface area contributed by atoms with Gasteiger partial charge >= 0.3 is 0 Å². The molecule has 1 aromatic rings. The molecule has 0 radical (unpaired) electrons. The van der Waals surface area contributed by atoms with Crippen LogP contribution in [-0.2, 0) is 6.54 Å². The van der Waals surface area contributed by atoms with Crippen molar-refractivity contribution in [2.75, 3.05) is 13.7 Å². The molecule has 1 aliphatic heterocycles. The summed E-state index contributed by atoms with van der Waals surface area (Å²) in [5.41, 5.74) is 5.08. The predicted octanol–water partition coefficient (Wildman–Crippen LogP) is 4.71. The minimum absolute atomic E-state index is 0.497. The molecule has 2 nitrogen and oxygen atoms in total. The zero-order valence-corrected chi connectivity index (χ0v) is 15.1. The van der Waals surface area contributed by atoms with E-state index in [4.69, 9.17) is 4.74 Å². The molecule has 0 unspecified atom stereocenters. The van der Waals surface area contributed by atoms with Crippen LogP contribution in [0.15, 0.2) is 12.1 Å². The Morgan fingerprint density at radius 1 is 1.14 bits per heavy atom. The Morgan fingerprint density at radius 3 is 2.55 bits per heavy atom. The summed E-state index contributed by atoms with van der Waals surface area (Å²) in [6.45, 7) is 14.1. The van der Waals surface area contributed by atoms with Crippen LogP contribution >= 0.6 is 0 Å². The molecule has 2 bridgehead atoms. The van der Waals surface area contributed by atoms with E-state index in [1.807, 2.05) is 0 Å². The monoisotopic (exact) mass is 301 g/mol. The highest BCUT2D eigenvalue weighted by atomic mass is 16.5. The number of aryl methyl sites for hydroxylation is 2. The standard InChI is InChI=1S/C20H31NO/c1-14-8-18(22-6)15(2)7-16(14)11-21-13-20(5)10-17(21)9-19(3,4)12-20/h7-8,17H,9-13H2,1-6H3/t17-,20-/m0/s1. The van der Waals surface area contributed by atoms with Gasteiger partial charge < -0.3 is 4.74 Å². The van der Waals surface area contributed by atoms with E-state index in [1.165, 1.54) is 42.5 Å². The van der Waals surface area contributed by atoms with Gasteiger partial charge in [-0.2, -0.15) is 0 Å². The van der Waals surface area contributed by atoms with Gasteiger partial charge in [-0.15, -0.1) is 0 Å². The molecule has 2 aliphatic rings. The molecule has 1 aromatic carbocycles. The molecule has 0 spiro atoms. The number of fused-ring (bicyclic) bond motifs is 2. The van der Waals surface area contributed by atoms with Crippen LogP contribution in [0.5, 0.6) is 5.75 Å². The second-order valence-electron chi connectivity index (χ2n) is 8.87. The third-order valence-electron chi connectivity index (χ3n) is 5.75. The highest BCUT2D eigenvalue weighted by molar-refractivity contribution is 5.41. The molecule has 22 heavy (non-hydrogen) atoms. The fraction of sp³-hybridized carbons (Fsp3) is 0.700. The number of rotatable bonds is 3. The van der Waals surface area contributed by atoms with E-state index in [0.29, 0.717) is 10.8 Å². The maximum Gasteiger partial charge on any atom is 0.122 e. The molecule has 2 atom stereocenters. The van der Waals surface area contributed by atoms with Crippen molar-refractivity contribution in [3.63, 3.8) is 0 Å². The summed E-state index contributed by atoms with van der Waals surface area (Å²) in [5, 5.41) is 0. The summed E-state index contributed by atoms with van der Waals surface area (Å²) in [6.07, 6.45) is 4.09. The van der Waals surface area contributed by atoms with Gasteiger partial charge in [0, 0.05) is 19.1 Å². The number of hydrogen-bond acceptors (Lipinski definition) is 2. The number of hydrogen-bond donors (Lipinski definition) is 0. The molecule has 0 amide bonds. The molecule has 1 heterocycles. The van der Waals surface area contributed by atoms with Crippen LogP contribution in [0, 0.1) is 24.7 Å². The van der Waals surface area contributed by atoms with Crippen molar-refractivity contribution in [1.29, 1.82) is 0 Å². The third kappa shape index (κ3) is 2.90. The average molecular weight is 301 g/mol. The number of ether oxygens (including phenoxy) is 1. The lowest BCUT2D eigenvalue weighted by atomic mass is 9.65. The van der Waals surface area contributed by atoms with Crippen molar-refractivity contribution in [1.82, 2.24) is 4.90 Å². The first-order chi connectivity index (χ1) is 10.2. The van der Waals surface area contributed by atoms with Gasteiger partial charge in [-0.3, -0.25) is 4.90 Å². The summed E-state index contributed by atoms with van der Waals surface area (Å²) >= 11 is 0. The van der Waals surface area contributed by atoms with Gasteiger partial charge in [0.05, 0.1) is 7.11 Å². The first-order valence-electron chi connectivity index (χ1n) is 8.60. The first kappa shape index (κ1) is 15.9. The van der Waals surface area contributed by atoms with E-state index in [-0.39, 0.29) is 0 Å². The van der Waals surface area contributed by atoms with Gasteiger partial charge in [-0.25, -0.2) is 0 Å². The van der Waals surface area contributed by atoms with Crippen molar-refractivity contribution in [3.8, 4) is 5.75 Å². The lowest BCUT2D eigenvalue weighted by molar-refractivity contribution is 0.126. The molecular weight excluding hydrogens is 270 g/mol.